The van der Waals surface area contributed by atoms with E-state index in [2.05, 4.69) is 0 Å². The van der Waals surface area contributed by atoms with Crippen molar-refractivity contribution in [2.75, 3.05) is 4.90 Å². The zero-order valence-electron chi connectivity index (χ0n) is 12.0. The molecule has 1 heterocycles. The van der Waals surface area contributed by atoms with Crippen molar-refractivity contribution in [2.45, 2.75) is 0 Å². The number of hydrogen-bond donors (Lipinski definition) is 0. The second-order valence-corrected chi connectivity index (χ2v) is 6.46. The minimum absolute atomic E-state index is 0.233. The van der Waals surface area contributed by atoms with Crippen LogP contribution >= 0.6 is 24.0 Å². The molecule has 2 aromatic rings. The van der Waals surface area contributed by atoms with E-state index in [1.165, 1.54) is 28.8 Å². The number of thioether (sulfide) groups is 1. The van der Waals surface area contributed by atoms with Gasteiger partial charge in [0.25, 0.3) is 5.91 Å². The number of carbonyl (C=O) groups excluding carboxylic acids is 1. The number of rotatable bonds is 3. The fourth-order valence-corrected chi connectivity index (χ4v) is 3.38. The van der Waals surface area contributed by atoms with Crippen LogP contribution in [0.4, 0.5) is 10.1 Å². The van der Waals surface area contributed by atoms with Crippen LogP contribution in [0, 0.1) is 5.82 Å². The SMILES string of the molecule is O=C1C(=CC=Cc2ccccc2)SC(=S)N1c1cccc(F)c1. The van der Waals surface area contributed by atoms with Crippen molar-refractivity contribution in [3.05, 3.63) is 83.0 Å². The molecule has 0 bridgehead atoms. The summed E-state index contributed by atoms with van der Waals surface area (Å²) >= 11 is 6.46. The number of nitrogens with zero attached hydrogens (tertiary/aromatic N) is 1. The van der Waals surface area contributed by atoms with Crippen LogP contribution in [0.15, 0.2) is 71.7 Å². The molecule has 3 rings (SSSR count). The normalized spacial score (nSPS) is 16.7. The Bertz CT molecular complexity index is 815. The molecule has 0 unspecified atom stereocenters. The number of benzene rings is 2. The number of anilines is 1. The first-order valence-corrected chi connectivity index (χ1v) is 8.13. The van der Waals surface area contributed by atoms with Crippen LogP contribution in [0.25, 0.3) is 6.08 Å². The molecular weight excluding hydrogens is 329 g/mol. The summed E-state index contributed by atoms with van der Waals surface area (Å²) < 4.78 is 13.8. The fourth-order valence-electron chi connectivity index (χ4n) is 2.13. The molecule has 0 radical (unpaired) electrons. The van der Waals surface area contributed by atoms with E-state index in [-0.39, 0.29) is 5.91 Å². The Kier molecular flexibility index (Phi) is 4.69. The summed E-state index contributed by atoms with van der Waals surface area (Å²) in [6.07, 6.45) is 5.45. The molecule has 23 heavy (non-hydrogen) atoms. The summed E-state index contributed by atoms with van der Waals surface area (Å²) in [5, 5.41) is 0. The third-order valence-corrected chi connectivity index (χ3v) is 4.52. The Morgan fingerprint density at radius 1 is 1.09 bits per heavy atom. The van der Waals surface area contributed by atoms with Crippen LogP contribution in [-0.4, -0.2) is 10.2 Å². The van der Waals surface area contributed by atoms with Crippen LogP contribution in [0.3, 0.4) is 0 Å². The van der Waals surface area contributed by atoms with Gasteiger partial charge in [-0.25, -0.2) is 4.39 Å². The highest BCUT2D eigenvalue weighted by Crippen LogP contribution is 2.35. The van der Waals surface area contributed by atoms with Gasteiger partial charge in [0.15, 0.2) is 4.32 Å². The van der Waals surface area contributed by atoms with Crippen molar-refractivity contribution >= 4 is 46.0 Å². The van der Waals surface area contributed by atoms with E-state index in [0.29, 0.717) is 14.9 Å². The summed E-state index contributed by atoms with van der Waals surface area (Å²) in [4.78, 5) is 14.3. The van der Waals surface area contributed by atoms with Crippen LogP contribution in [0.2, 0.25) is 0 Å². The van der Waals surface area contributed by atoms with Gasteiger partial charge in [0.2, 0.25) is 0 Å². The van der Waals surface area contributed by atoms with Crippen molar-refractivity contribution in [2.24, 2.45) is 0 Å². The molecule has 1 aliphatic heterocycles. The first-order chi connectivity index (χ1) is 11.1. The fraction of sp³-hybridized carbons (Fsp3) is 0. The minimum Gasteiger partial charge on any atom is -0.268 e. The molecule has 0 saturated carbocycles. The molecule has 1 fully saturated rings. The largest absolute Gasteiger partial charge is 0.270 e. The van der Waals surface area contributed by atoms with E-state index in [9.17, 15) is 9.18 Å². The summed E-state index contributed by atoms with van der Waals surface area (Å²) in [6.45, 7) is 0. The van der Waals surface area contributed by atoms with Gasteiger partial charge in [0, 0.05) is 0 Å². The van der Waals surface area contributed by atoms with Crippen molar-refractivity contribution in [1.82, 2.24) is 0 Å². The first kappa shape index (κ1) is 15.6. The molecule has 0 spiro atoms. The van der Waals surface area contributed by atoms with E-state index >= 15 is 0 Å². The second-order valence-electron chi connectivity index (χ2n) is 4.79. The van der Waals surface area contributed by atoms with Crippen molar-refractivity contribution in [3.63, 3.8) is 0 Å². The number of hydrogen-bond acceptors (Lipinski definition) is 3. The molecule has 0 atom stereocenters. The second kappa shape index (κ2) is 6.89. The Morgan fingerprint density at radius 2 is 1.87 bits per heavy atom. The lowest BCUT2D eigenvalue weighted by Crippen LogP contribution is -2.27. The average Bonchev–Trinajstić information content (AvgIpc) is 2.82. The van der Waals surface area contributed by atoms with Crippen molar-refractivity contribution in [3.8, 4) is 0 Å². The highest BCUT2D eigenvalue weighted by molar-refractivity contribution is 8.27. The van der Waals surface area contributed by atoms with Crippen molar-refractivity contribution in [1.29, 1.82) is 0 Å². The molecule has 114 valence electrons. The monoisotopic (exact) mass is 341 g/mol. The highest BCUT2D eigenvalue weighted by atomic mass is 32.2. The molecule has 0 aromatic heterocycles. The summed E-state index contributed by atoms with van der Waals surface area (Å²) in [7, 11) is 0. The van der Waals surface area contributed by atoms with Crippen LogP contribution in [0.1, 0.15) is 5.56 Å². The van der Waals surface area contributed by atoms with Crippen LogP contribution in [0.5, 0.6) is 0 Å². The lowest BCUT2D eigenvalue weighted by Gasteiger charge is -2.14. The highest BCUT2D eigenvalue weighted by Gasteiger charge is 2.32. The summed E-state index contributed by atoms with van der Waals surface area (Å²) in [6, 6.07) is 15.6. The molecule has 0 N–H and O–H groups in total. The Morgan fingerprint density at radius 3 is 2.61 bits per heavy atom. The number of amides is 1. The van der Waals surface area contributed by atoms with Crippen LogP contribution < -0.4 is 4.90 Å². The summed E-state index contributed by atoms with van der Waals surface area (Å²) in [5.74, 6) is -0.632. The maximum absolute atomic E-state index is 13.3. The smallest absolute Gasteiger partial charge is 0.268 e. The number of halogens is 1. The van der Waals surface area contributed by atoms with Crippen molar-refractivity contribution < 1.29 is 9.18 Å². The van der Waals surface area contributed by atoms with E-state index in [0.717, 1.165) is 5.56 Å². The van der Waals surface area contributed by atoms with Gasteiger partial charge in [-0.15, -0.1) is 0 Å². The lowest BCUT2D eigenvalue weighted by atomic mass is 10.2. The molecular formula is C18H12FNOS2. The van der Waals surface area contributed by atoms with Gasteiger partial charge in [-0.3, -0.25) is 9.69 Å². The van der Waals surface area contributed by atoms with Gasteiger partial charge < -0.3 is 0 Å². The third kappa shape index (κ3) is 3.57. The topological polar surface area (TPSA) is 20.3 Å². The molecule has 1 aliphatic rings. The van der Waals surface area contributed by atoms with E-state index in [1.54, 1.807) is 18.2 Å². The molecule has 1 amide bonds. The van der Waals surface area contributed by atoms with E-state index in [1.807, 2.05) is 42.5 Å². The van der Waals surface area contributed by atoms with Gasteiger partial charge in [-0.1, -0.05) is 72.5 Å². The molecule has 2 aromatic carbocycles. The Labute approximate surface area is 143 Å². The van der Waals surface area contributed by atoms with Gasteiger partial charge in [-0.2, -0.15) is 0 Å². The maximum Gasteiger partial charge on any atom is 0.270 e. The maximum atomic E-state index is 13.3. The lowest BCUT2D eigenvalue weighted by molar-refractivity contribution is -0.113. The molecule has 1 saturated heterocycles. The van der Waals surface area contributed by atoms with E-state index in [4.69, 9.17) is 12.2 Å². The Hall–Kier alpha value is -2.24. The average molecular weight is 341 g/mol. The zero-order valence-corrected chi connectivity index (χ0v) is 13.6. The molecule has 0 aliphatic carbocycles. The standard InChI is InChI=1S/C18H12FNOS2/c19-14-9-5-10-15(12-14)20-17(21)16(23-18(20)22)11-4-8-13-6-2-1-3-7-13/h1-12H. The minimum atomic E-state index is -0.399. The third-order valence-electron chi connectivity index (χ3n) is 3.20. The predicted octanol–water partition coefficient (Wildman–Crippen LogP) is 4.79. The van der Waals surface area contributed by atoms with Gasteiger partial charge in [0.1, 0.15) is 5.82 Å². The number of thiocarbonyl (C=S) groups is 1. The summed E-state index contributed by atoms with van der Waals surface area (Å²) in [5.41, 5.74) is 1.49. The molecule has 5 heteroatoms. The van der Waals surface area contributed by atoms with Gasteiger partial charge >= 0.3 is 0 Å². The zero-order chi connectivity index (χ0) is 16.2. The molecule has 2 nitrogen and oxygen atoms in total. The first-order valence-electron chi connectivity index (χ1n) is 6.90. The van der Waals surface area contributed by atoms with E-state index < -0.39 is 5.82 Å². The number of carbonyl (C=O) groups is 1. The quantitative estimate of drug-likeness (QED) is 0.591. The van der Waals surface area contributed by atoms with Gasteiger partial charge in [0.05, 0.1) is 10.6 Å². The Balaban J connectivity index is 1.81. The van der Waals surface area contributed by atoms with Gasteiger partial charge in [-0.05, 0) is 29.8 Å². The number of allylic oxidation sites excluding steroid dienone is 2. The predicted molar refractivity (Wildman–Crippen MR) is 97.6 cm³/mol. The van der Waals surface area contributed by atoms with Crippen LogP contribution in [-0.2, 0) is 4.79 Å².